The first-order chi connectivity index (χ1) is 11.1. The number of hydrogen-bond donors (Lipinski definition) is 2. The maximum absolute atomic E-state index is 11.9. The molecule has 1 unspecified atom stereocenters. The third kappa shape index (κ3) is 3.15. The molecule has 1 atom stereocenters. The number of benzene rings is 2. The average Bonchev–Trinajstić information content (AvgIpc) is 2.54. The van der Waals surface area contributed by atoms with Gasteiger partial charge in [-0.05, 0) is 35.7 Å². The number of rotatable bonds is 4. The lowest BCUT2D eigenvalue weighted by molar-refractivity contribution is 0.246. The van der Waals surface area contributed by atoms with E-state index in [9.17, 15) is 13.2 Å². The Labute approximate surface area is 133 Å². The molecule has 3 aromatic rings. The minimum atomic E-state index is -2.94. The highest BCUT2D eigenvalue weighted by Crippen LogP contribution is 2.31. The predicted molar refractivity (Wildman–Crippen MR) is 87.6 cm³/mol. The number of aromatic amines is 1. The Morgan fingerprint density at radius 2 is 1.96 bits per heavy atom. The molecule has 1 aromatic heterocycles. The number of thiol groups is 1. The van der Waals surface area contributed by atoms with E-state index in [0.29, 0.717) is 10.9 Å². The van der Waals surface area contributed by atoms with Crippen LogP contribution in [0.4, 0.5) is 0 Å². The van der Waals surface area contributed by atoms with Crippen molar-refractivity contribution in [1.82, 2.24) is 9.97 Å². The lowest BCUT2D eigenvalue weighted by Crippen LogP contribution is -2.06. The molecule has 6 nitrogen and oxygen atoms in total. The first kappa shape index (κ1) is 15.4. The molecule has 0 saturated carbocycles. The standard InChI is InChI=1S/C16H14N2O4S/c1-10(22-23(20)21)12-4-2-3-5-13(12)11-6-7-15-14(8-11)16(19)18-9-17-15/h2-10,23H,1H3,(H,17,18,19). The molecule has 1 heterocycles. The van der Waals surface area contributed by atoms with Crippen LogP contribution >= 0.6 is 0 Å². The number of fused-ring (bicyclic) bond motifs is 1. The zero-order chi connectivity index (χ0) is 16.4. The lowest BCUT2D eigenvalue weighted by Gasteiger charge is -2.14. The Kier molecular flexibility index (Phi) is 4.22. The van der Waals surface area contributed by atoms with Crippen molar-refractivity contribution in [1.29, 1.82) is 0 Å². The summed E-state index contributed by atoms with van der Waals surface area (Å²) in [6.07, 6.45) is 0.745. The fourth-order valence-electron chi connectivity index (χ4n) is 2.54. The van der Waals surface area contributed by atoms with Gasteiger partial charge in [0.2, 0.25) is 0 Å². The SMILES string of the molecule is CC(O[SH](=O)=O)c1ccccc1-c1ccc2nc[nH]c(=O)c2c1. The van der Waals surface area contributed by atoms with E-state index in [0.717, 1.165) is 16.7 Å². The van der Waals surface area contributed by atoms with Crippen LogP contribution in [0, 0.1) is 0 Å². The molecule has 0 fully saturated rings. The average molecular weight is 330 g/mol. The molecular weight excluding hydrogens is 316 g/mol. The normalized spacial score (nSPS) is 12.6. The van der Waals surface area contributed by atoms with E-state index in [1.807, 2.05) is 24.3 Å². The van der Waals surface area contributed by atoms with Crippen molar-refractivity contribution in [3.63, 3.8) is 0 Å². The summed E-state index contributed by atoms with van der Waals surface area (Å²) >= 11 is 0. The van der Waals surface area contributed by atoms with Crippen molar-refractivity contribution in [3.8, 4) is 11.1 Å². The van der Waals surface area contributed by atoms with Gasteiger partial charge in [0.05, 0.1) is 23.3 Å². The van der Waals surface area contributed by atoms with Crippen molar-refractivity contribution in [2.24, 2.45) is 0 Å². The second kappa shape index (κ2) is 6.31. The highest BCUT2D eigenvalue weighted by molar-refractivity contribution is 7.67. The summed E-state index contributed by atoms with van der Waals surface area (Å²) in [5, 5.41) is 0.475. The van der Waals surface area contributed by atoms with Gasteiger partial charge < -0.3 is 4.98 Å². The van der Waals surface area contributed by atoms with Crippen LogP contribution in [0.1, 0.15) is 18.6 Å². The molecule has 0 aliphatic carbocycles. The third-order valence-electron chi connectivity index (χ3n) is 3.59. The van der Waals surface area contributed by atoms with Gasteiger partial charge >= 0.3 is 0 Å². The minimum absolute atomic E-state index is 0.221. The van der Waals surface area contributed by atoms with Crippen LogP contribution in [-0.2, 0) is 15.2 Å². The minimum Gasteiger partial charge on any atom is -0.313 e. The largest absolute Gasteiger partial charge is 0.313 e. The molecule has 23 heavy (non-hydrogen) atoms. The van der Waals surface area contributed by atoms with Crippen molar-refractivity contribution in [3.05, 3.63) is 64.7 Å². The number of nitrogens with zero attached hydrogens (tertiary/aromatic N) is 1. The number of nitrogens with one attached hydrogen (secondary N) is 1. The van der Waals surface area contributed by atoms with Crippen molar-refractivity contribution < 1.29 is 12.6 Å². The second-order valence-electron chi connectivity index (χ2n) is 5.02. The summed E-state index contributed by atoms with van der Waals surface area (Å²) < 4.78 is 26.5. The van der Waals surface area contributed by atoms with Crippen LogP contribution in [0.3, 0.4) is 0 Å². The van der Waals surface area contributed by atoms with Gasteiger partial charge in [-0.3, -0.25) is 8.98 Å². The molecule has 0 saturated heterocycles. The van der Waals surface area contributed by atoms with Crippen LogP contribution in [0.25, 0.3) is 22.0 Å². The molecule has 0 amide bonds. The fourth-order valence-corrected chi connectivity index (χ4v) is 2.91. The first-order valence-electron chi connectivity index (χ1n) is 6.94. The molecule has 2 aromatic carbocycles. The molecule has 0 radical (unpaired) electrons. The molecule has 3 rings (SSSR count). The van der Waals surface area contributed by atoms with E-state index in [1.165, 1.54) is 6.33 Å². The Morgan fingerprint density at radius 3 is 2.74 bits per heavy atom. The van der Waals surface area contributed by atoms with Gasteiger partial charge in [-0.1, -0.05) is 30.3 Å². The number of hydrogen-bond acceptors (Lipinski definition) is 5. The monoisotopic (exact) mass is 330 g/mol. The molecule has 7 heteroatoms. The smallest absolute Gasteiger partial charge is 0.258 e. The Bertz CT molecular complexity index is 987. The molecule has 0 bridgehead atoms. The van der Waals surface area contributed by atoms with Crippen LogP contribution in [0.2, 0.25) is 0 Å². The van der Waals surface area contributed by atoms with Gasteiger partial charge in [0.15, 0.2) is 0 Å². The summed E-state index contributed by atoms with van der Waals surface area (Å²) in [6, 6.07) is 12.7. The van der Waals surface area contributed by atoms with Crippen molar-refractivity contribution in [2.45, 2.75) is 13.0 Å². The Balaban J connectivity index is 2.15. The van der Waals surface area contributed by atoms with E-state index in [2.05, 4.69) is 9.97 Å². The van der Waals surface area contributed by atoms with Crippen LogP contribution in [-0.4, -0.2) is 18.4 Å². The van der Waals surface area contributed by atoms with E-state index >= 15 is 0 Å². The number of aromatic nitrogens is 2. The van der Waals surface area contributed by atoms with Gasteiger partial charge in [0.1, 0.15) is 0 Å². The maximum atomic E-state index is 11.9. The zero-order valence-electron chi connectivity index (χ0n) is 12.2. The van der Waals surface area contributed by atoms with Gasteiger partial charge in [-0.2, -0.15) is 0 Å². The van der Waals surface area contributed by atoms with E-state index in [1.54, 1.807) is 25.1 Å². The van der Waals surface area contributed by atoms with Gasteiger partial charge in [-0.25, -0.2) is 13.4 Å². The molecule has 0 aliphatic rings. The van der Waals surface area contributed by atoms with Crippen molar-refractivity contribution >= 4 is 21.9 Å². The molecular formula is C16H14N2O4S. The van der Waals surface area contributed by atoms with E-state index < -0.39 is 17.1 Å². The third-order valence-corrected chi connectivity index (χ3v) is 4.08. The molecule has 0 aliphatic heterocycles. The summed E-state index contributed by atoms with van der Waals surface area (Å²) in [6.45, 7) is 1.67. The quantitative estimate of drug-likeness (QED) is 0.716. The summed E-state index contributed by atoms with van der Waals surface area (Å²) in [5.74, 6) is 0. The first-order valence-corrected chi connectivity index (χ1v) is 8.03. The van der Waals surface area contributed by atoms with E-state index in [4.69, 9.17) is 4.18 Å². The van der Waals surface area contributed by atoms with Crippen molar-refractivity contribution in [2.75, 3.05) is 0 Å². The summed E-state index contributed by atoms with van der Waals surface area (Å²) in [7, 11) is -2.94. The zero-order valence-corrected chi connectivity index (χ0v) is 13.1. The maximum Gasteiger partial charge on any atom is 0.258 e. The highest BCUT2D eigenvalue weighted by atomic mass is 32.2. The Hall–Kier alpha value is -2.51. The topological polar surface area (TPSA) is 89.1 Å². The van der Waals surface area contributed by atoms with Gasteiger partial charge in [0.25, 0.3) is 16.5 Å². The van der Waals surface area contributed by atoms with Gasteiger partial charge in [0, 0.05) is 0 Å². The number of H-pyrrole nitrogens is 1. The van der Waals surface area contributed by atoms with Crippen LogP contribution < -0.4 is 5.56 Å². The fraction of sp³-hybridized carbons (Fsp3) is 0.125. The summed E-state index contributed by atoms with van der Waals surface area (Å²) in [4.78, 5) is 18.6. The molecule has 1 N–H and O–H groups in total. The van der Waals surface area contributed by atoms with Gasteiger partial charge in [-0.15, -0.1) is 0 Å². The molecule has 118 valence electrons. The molecule has 0 spiro atoms. The predicted octanol–water partition coefficient (Wildman–Crippen LogP) is 2.19. The highest BCUT2D eigenvalue weighted by Gasteiger charge is 2.14. The lowest BCUT2D eigenvalue weighted by atomic mass is 9.96. The summed E-state index contributed by atoms with van der Waals surface area (Å²) in [5.41, 5.74) is 2.71. The van der Waals surface area contributed by atoms with Crippen LogP contribution in [0.15, 0.2) is 53.6 Å². The van der Waals surface area contributed by atoms with Crippen LogP contribution in [0.5, 0.6) is 0 Å². The Morgan fingerprint density at radius 1 is 1.17 bits per heavy atom. The van der Waals surface area contributed by atoms with E-state index in [-0.39, 0.29) is 5.56 Å². The second-order valence-corrected chi connectivity index (χ2v) is 5.68.